The summed E-state index contributed by atoms with van der Waals surface area (Å²) in [5.41, 5.74) is 3.19. The lowest BCUT2D eigenvalue weighted by molar-refractivity contribution is 0.111. The molecule has 4 nitrogen and oxygen atoms in total. The van der Waals surface area contributed by atoms with Gasteiger partial charge in [0, 0.05) is 0 Å². The lowest BCUT2D eigenvalue weighted by Gasteiger charge is -2.19. The number of nitrogens with zero attached hydrogens (tertiary/aromatic N) is 2. The fourth-order valence-corrected chi connectivity index (χ4v) is 2.73. The van der Waals surface area contributed by atoms with E-state index in [1.807, 2.05) is 41.0 Å². The van der Waals surface area contributed by atoms with Gasteiger partial charge >= 0.3 is 0 Å². The number of imidazole rings is 1. The van der Waals surface area contributed by atoms with Crippen molar-refractivity contribution in [3.05, 3.63) is 59.9 Å². The number of aromatic nitrogens is 2. The molecule has 2 aromatic carbocycles. The number of ether oxygens (including phenoxy) is 1. The Labute approximate surface area is 142 Å². The third-order valence-corrected chi connectivity index (χ3v) is 4.09. The molecule has 0 atom stereocenters. The van der Waals surface area contributed by atoms with Crippen LogP contribution in [-0.4, -0.2) is 22.4 Å². The molecule has 0 aliphatic rings. The monoisotopic (exact) mass is 322 g/mol. The van der Waals surface area contributed by atoms with Crippen molar-refractivity contribution < 1.29 is 9.53 Å². The standard InChI is InChI=1S/C20H22N2O2/c1-20(2,3)15-8-10-16(11-9-15)24-13-12-22-18-7-5-4-6-17(18)21-19(22)14-23/h4-11,14H,12-13H2,1-3H3. The van der Waals surface area contributed by atoms with E-state index in [4.69, 9.17) is 4.74 Å². The number of carbonyl (C=O) groups excluding carboxylic acids is 1. The highest BCUT2D eigenvalue weighted by atomic mass is 16.5. The van der Waals surface area contributed by atoms with Gasteiger partial charge in [-0.05, 0) is 35.2 Å². The smallest absolute Gasteiger partial charge is 0.185 e. The minimum Gasteiger partial charge on any atom is -0.492 e. The molecule has 0 N–H and O–H groups in total. The molecule has 3 rings (SSSR count). The van der Waals surface area contributed by atoms with E-state index in [1.54, 1.807) is 0 Å². The zero-order valence-electron chi connectivity index (χ0n) is 14.3. The fraction of sp³-hybridized carbons (Fsp3) is 0.300. The van der Waals surface area contributed by atoms with E-state index in [0.29, 0.717) is 19.0 Å². The molecule has 1 aromatic heterocycles. The van der Waals surface area contributed by atoms with Crippen molar-refractivity contribution in [3.8, 4) is 5.75 Å². The van der Waals surface area contributed by atoms with Crippen LogP contribution in [0.25, 0.3) is 11.0 Å². The molecule has 0 unspecified atom stereocenters. The van der Waals surface area contributed by atoms with Gasteiger partial charge in [-0.15, -0.1) is 0 Å². The first kappa shape index (κ1) is 16.2. The molecule has 3 aromatic rings. The van der Waals surface area contributed by atoms with Gasteiger partial charge in [-0.2, -0.15) is 0 Å². The third-order valence-electron chi connectivity index (χ3n) is 4.09. The summed E-state index contributed by atoms with van der Waals surface area (Å²) in [6.45, 7) is 7.63. The number of carbonyl (C=O) groups is 1. The predicted molar refractivity (Wildman–Crippen MR) is 95.8 cm³/mol. The van der Waals surface area contributed by atoms with Gasteiger partial charge in [0.1, 0.15) is 12.4 Å². The second-order valence-electron chi connectivity index (χ2n) is 6.85. The van der Waals surface area contributed by atoms with Crippen molar-refractivity contribution in [2.24, 2.45) is 0 Å². The largest absolute Gasteiger partial charge is 0.492 e. The van der Waals surface area contributed by atoms with Crippen molar-refractivity contribution in [1.29, 1.82) is 0 Å². The first-order valence-electron chi connectivity index (χ1n) is 8.13. The van der Waals surface area contributed by atoms with Gasteiger partial charge in [-0.3, -0.25) is 4.79 Å². The summed E-state index contributed by atoms with van der Waals surface area (Å²) in [4.78, 5) is 15.6. The second kappa shape index (κ2) is 6.48. The van der Waals surface area contributed by atoms with Crippen LogP contribution in [0.15, 0.2) is 48.5 Å². The zero-order valence-corrected chi connectivity index (χ0v) is 14.3. The summed E-state index contributed by atoms with van der Waals surface area (Å²) in [7, 11) is 0. The van der Waals surface area contributed by atoms with E-state index < -0.39 is 0 Å². The maximum atomic E-state index is 11.2. The first-order valence-corrected chi connectivity index (χ1v) is 8.13. The van der Waals surface area contributed by atoms with Crippen molar-refractivity contribution >= 4 is 17.3 Å². The number of aldehydes is 1. The van der Waals surface area contributed by atoms with Crippen LogP contribution < -0.4 is 4.74 Å². The molecule has 0 aliphatic heterocycles. The molecule has 0 bridgehead atoms. The lowest BCUT2D eigenvalue weighted by Crippen LogP contribution is -2.12. The maximum absolute atomic E-state index is 11.2. The lowest BCUT2D eigenvalue weighted by atomic mass is 9.87. The normalized spacial score (nSPS) is 11.6. The van der Waals surface area contributed by atoms with Crippen LogP contribution in [0.2, 0.25) is 0 Å². The Kier molecular flexibility index (Phi) is 4.38. The molecule has 0 spiro atoms. The highest BCUT2D eigenvalue weighted by Gasteiger charge is 2.13. The van der Waals surface area contributed by atoms with Crippen LogP contribution in [-0.2, 0) is 12.0 Å². The van der Waals surface area contributed by atoms with Gasteiger partial charge in [0.25, 0.3) is 0 Å². The molecule has 124 valence electrons. The minimum absolute atomic E-state index is 0.132. The number of para-hydroxylation sites is 2. The molecule has 0 saturated heterocycles. The molecular weight excluding hydrogens is 300 g/mol. The molecule has 4 heteroatoms. The van der Waals surface area contributed by atoms with E-state index in [9.17, 15) is 4.79 Å². The Balaban J connectivity index is 1.70. The van der Waals surface area contributed by atoms with E-state index in [1.165, 1.54) is 5.56 Å². The van der Waals surface area contributed by atoms with Gasteiger partial charge in [0.05, 0.1) is 17.6 Å². The Hall–Kier alpha value is -2.62. The Bertz CT molecular complexity index is 842. The quantitative estimate of drug-likeness (QED) is 0.660. The van der Waals surface area contributed by atoms with Gasteiger partial charge in [0.2, 0.25) is 0 Å². The zero-order chi connectivity index (χ0) is 17.2. The van der Waals surface area contributed by atoms with E-state index in [2.05, 4.69) is 37.9 Å². The highest BCUT2D eigenvalue weighted by Crippen LogP contribution is 2.24. The molecule has 0 amide bonds. The molecule has 0 radical (unpaired) electrons. The molecule has 1 heterocycles. The average molecular weight is 322 g/mol. The number of benzene rings is 2. The van der Waals surface area contributed by atoms with Crippen LogP contribution in [0.5, 0.6) is 5.75 Å². The number of hydrogen-bond donors (Lipinski definition) is 0. The molecule has 0 aliphatic carbocycles. The highest BCUT2D eigenvalue weighted by molar-refractivity contribution is 5.82. The summed E-state index contributed by atoms with van der Waals surface area (Å²) in [5, 5.41) is 0. The minimum atomic E-state index is 0.132. The first-order chi connectivity index (χ1) is 11.5. The molecule has 24 heavy (non-hydrogen) atoms. The number of hydrogen-bond acceptors (Lipinski definition) is 3. The summed E-state index contributed by atoms with van der Waals surface area (Å²) >= 11 is 0. The molecule has 0 fully saturated rings. The van der Waals surface area contributed by atoms with E-state index >= 15 is 0 Å². The maximum Gasteiger partial charge on any atom is 0.185 e. The average Bonchev–Trinajstić information content (AvgIpc) is 2.93. The SMILES string of the molecule is CC(C)(C)c1ccc(OCCn2c(C=O)nc3ccccc32)cc1. The summed E-state index contributed by atoms with van der Waals surface area (Å²) in [6.07, 6.45) is 0.790. The Morgan fingerprint density at radius 1 is 1.08 bits per heavy atom. The Morgan fingerprint density at radius 3 is 2.46 bits per heavy atom. The third kappa shape index (κ3) is 3.32. The van der Waals surface area contributed by atoms with Crippen molar-refractivity contribution in [3.63, 3.8) is 0 Å². The van der Waals surface area contributed by atoms with Gasteiger partial charge in [0.15, 0.2) is 12.1 Å². The number of fused-ring (bicyclic) bond motifs is 1. The molecule has 0 saturated carbocycles. The van der Waals surface area contributed by atoms with Crippen molar-refractivity contribution in [2.75, 3.05) is 6.61 Å². The topological polar surface area (TPSA) is 44.1 Å². The van der Waals surface area contributed by atoms with Crippen LogP contribution >= 0.6 is 0 Å². The van der Waals surface area contributed by atoms with Crippen LogP contribution in [0.3, 0.4) is 0 Å². The van der Waals surface area contributed by atoms with Crippen LogP contribution in [0, 0.1) is 0 Å². The Morgan fingerprint density at radius 2 is 1.79 bits per heavy atom. The van der Waals surface area contributed by atoms with Gasteiger partial charge in [-0.1, -0.05) is 45.0 Å². The summed E-state index contributed by atoms with van der Waals surface area (Å²) in [5.74, 6) is 1.27. The van der Waals surface area contributed by atoms with Crippen LogP contribution in [0.4, 0.5) is 0 Å². The summed E-state index contributed by atoms with van der Waals surface area (Å²) in [6, 6.07) is 15.9. The number of rotatable bonds is 5. The van der Waals surface area contributed by atoms with E-state index in [-0.39, 0.29) is 5.41 Å². The summed E-state index contributed by atoms with van der Waals surface area (Å²) < 4.78 is 7.73. The predicted octanol–water partition coefficient (Wildman–Crippen LogP) is 4.23. The second-order valence-corrected chi connectivity index (χ2v) is 6.85. The van der Waals surface area contributed by atoms with Crippen LogP contribution in [0.1, 0.15) is 37.0 Å². The van der Waals surface area contributed by atoms with E-state index in [0.717, 1.165) is 23.1 Å². The van der Waals surface area contributed by atoms with Gasteiger partial charge < -0.3 is 9.30 Å². The molecular formula is C20H22N2O2. The van der Waals surface area contributed by atoms with Crippen molar-refractivity contribution in [1.82, 2.24) is 9.55 Å². The van der Waals surface area contributed by atoms with Crippen molar-refractivity contribution in [2.45, 2.75) is 32.7 Å². The van der Waals surface area contributed by atoms with Gasteiger partial charge in [-0.25, -0.2) is 4.98 Å². The fourth-order valence-electron chi connectivity index (χ4n) is 2.73.